The highest BCUT2D eigenvalue weighted by Crippen LogP contribution is 2.47. The summed E-state index contributed by atoms with van der Waals surface area (Å²) < 4.78 is 25.6. The Labute approximate surface area is 132 Å². The molecule has 1 aromatic carbocycles. The van der Waals surface area contributed by atoms with Gasteiger partial charge in [0.1, 0.15) is 0 Å². The minimum atomic E-state index is -2.61. The molecule has 23 heavy (non-hydrogen) atoms. The number of halogens is 2. The van der Waals surface area contributed by atoms with Crippen molar-refractivity contribution >= 4 is 5.91 Å². The Hall–Kier alpha value is -2.37. The van der Waals surface area contributed by atoms with E-state index < -0.39 is 11.8 Å². The second-order valence-electron chi connectivity index (χ2n) is 5.95. The van der Waals surface area contributed by atoms with E-state index in [1.165, 1.54) is 0 Å². The van der Waals surface area contributed by atoms with Gasteiger partial charge in [0, 0.05) is 30.0 Å². The largest absolute Gasteiger partial charge is 0.352 e. The SMILES string of the molecule is Cc1cnnc(-c2ccc(C(=O)NCC3CC3(F)F)cc2)c1C. The number of rotatable bonds is 4. The summed E-state index contributed by atoms with van der Waals surface area (Å²) in [5.74, 6) is -3.68. The molecular weight excluding hydrogens is 300 g/mol. The molecule has 3 rings (SSSR count). The normalized spacial score (nSPS) is 18.5. The fourth-order valence-corrected chi connectivity index (χ4v) is 2.39. The lowest BCUT2D eigenvalue weighted by Gasteiger charge is -2.08. The van der Waals surface area contributed by atoms with Gasteiger partial charge in [-0.05, 0) is 37.1 Å². The van der Waals surface area contributed by atoms with Gasteiger partial charge >= 0.3 is 0 Å². The second kappa shape index (κ2) is 5.68. The number of nitrogens with one attached hydrogen (secondary N) is 1. The zero-order valence-corrected chi connectivity index (χ0v) is 12.9. The van der Waals surface area contributed by atoms with Crippen LogP contribution in [0.5, 0.6) is 0 Å². The molecule has 0 spiro atoms. The molecule has 120 valence electrons. The van der Waals surface area contributed by atoms with Crippen molar-refractivity contribution in [3.05, 3.63) is 47.2 Å². The lowest BCUT2D eigenvalue weighted by Crippen LogP contribution is -2.26. The van der Waals surface area contributed by atoms with Crippen molar-refractivity contribution in [3.63, 3.8) is 0 Å². The smallest absolute Gasteiger partial charge is 0.253 e. The lowest BCUT2D eigenvalue weighted by atomic mass is 10.0. The van der Waals surface area contributed by atoms with E-state index in [1.807, 2.05) is 13.8 Å². The average Bonchev–Trinajstić information content (AvgIpc) is 3.15. The minimum absolute atomic E-state index is 0.00997. The lowest BCUT2D eigenvalue weighted by molar-refractivity contribution is 0.0895. The molecule has 0 bridgehead atoms. The van der Waals surface area contributed by atoms with Crippen LogP contribution in [0, 0.1) is 19.8 Å². The first-order valence-electron chi connectivity index (χ1n) is 7.44. The molecule has 4 nitrogen and oxygen atoms in total. The van der Waals surface area contributed by atoms with Gasteiger partial charge in [-0.15, -0.1) is 0 Å². The van der Waals surface area contributed by atoms with E-state index in [4.69, 9.17) is 0 Å². The number of hydrogen-bond donors (Lipinski definition) is 1. The van der Waals surface area contributed by atoms with E-state index in [9.17, 15) is 13.6 Å². The van der Waals surface area contributed by atoms with Gasteiger partial charge in [-0.25, -0.2) is 8.78 Å². The van der Waals surface area contributed by atoms with Gasteiger partial charge in [-0.1, -0.05) is 12.1 Å². The van der Waals surface area contributed by atoms with Gasteiger partial charge in [0.15, 0.2) is 0 Å². The molecule has 1 saturated carbocycles. The van der Waals surface area contributed by atoms with Gasteiger partial charge in [-0.3, -0.25) is 4.79 Å². The van der Waals surface area contributed by atoms with Crippen molar-refractivity contribution in [3.8, 4) is 11.3 Å². The first kappa shape index (κ1) is 15.5. The van der Waals surface area contributed by atoms with Crippen LogP contribution in [-0.4, -0.2) is 28.6 Å². The first-order valence-corrected chi connectivity index (χ1v) is 7.44. The van der Waals surface area contributed by atoms with Crippen LogP contribution < -0.4 is 5.32 Å². The second-order valence-corrected chi connectivity index (χ2v) is 5.95. The number of carbonyl (C=O) groups excluding carboxylic acids is 1. The molecule has 2 aromatic rings. The number of aromatic nitrogens is 2. The number of hydrogen-bond acceptors (Lipinski definition) is 3. The molecule has 1 fully saturated rings. The average molecular weight is 317 g/mol. The topological polar surface area (TPSA) is 54.9 Å². The van der Waals surface area contributed by atoms with E-state index in [0.717, 1.165) is 22.4 Å². The zero-order valence-electron chi connectivity index (χ0n) is 12.9. The van der Waals surface area contributed by atoms with Gasteiger partial charge in [-0.2, -0.15) is 10.2 Å². The van der Waals surface area contributed by atoms with Gasteiger partial charge in [0.2, 0.25) is 0 Å². The molecule has 0 aliphatic heterocycles. The Balaban J connectivity index is 1.69. The summed E-state index contributed by atoms with van der Waals surface area (Å²) in [6, 6.07) is 6.91. The van der Waals surface area contributed by atoms with Crippen molar-refractivity contribution in [2.24, 2.45) is 5.92 Å². The van der Waals surface area contributed by atoms with E-state index in [2.05, 4.69) is 15.5 Å². The molecule has 1 aromatic heterocycles. The Morgan fingerprint density at radius 1 is 1.30 bits per heavy atom. The number of amides is 1. The van der Waals surface area contributed by atoms with Crippen LogP contribution in [-0.2, 0) is 0 Å². The molecule has 1 N–H and O–H groups in total. The fourth-order valence-electron chi connectivity index (χ4n) is 2.39. The van der Waals surface area contributed by atoms with Gasteiger partial charge in [0.25, 0.3) is 11.8 Å². The van der Waals surface area contributed by atoms with Crippen molar-refractivity contribution in [1.82, 2.24) is 15.5 Å². The first-order chi connectivity index (χ1) is 10.9. The summed E-state index contributed by atoms with van der Waals surface area (Å²) in [6.07, 6.45) is 1.56. The predicted octanol–water partition coefficient (Wildman–Crippen LogP) is 3.15. The highest BCUT2D eigenvalue weighted by Gasteiger charge is 2.56. The third kappa shape index (κ3) is 3.21. The van der Waals surface area contributed by atoms with Crippen molar-refractivity contribution in [2.45, 2.75) is 26.2 Å². The zero-order chi connectivity index (χ0) is 16.6. The van der Waals surface area contributed by atoms with E-state index in [-0.39, 0.29) is 18.9 Å². The molecule has 1 amide bonds. The Morgan fingerprint density at radius 2 is 1.96 bits per heavy atom. The van der Waals surface area contributed by atoms with E-state index in [0.29, 0.717) is 5.56 Å². The maximum Gasteiger partial charge on any atom is 0.253 e. The number of nitrogens with zero attached hydrogens (tertiary/aromatic N) is 2. The molecular formula is C17H17F2N3O. The summed E-state index contributed by atoms with van der Waals surface area (Å²) in [5.41, 5.74) is 4.16. The monoisotopic (exact) mass is 317 g/mol. The van der Waals surface area contributed by atoms with E-state index in [1.54, 1.807) is 30.5 Å². The summed E-state index contributed by atoms with van der Waals surface area (Å²) in [4.78, 5) is 12.0. The third-order valence-corrected chi connectivity index (χ3v) is 4.24. The highest BCUT2D eigenvalue weighted by atomic mass is 19.3. The quantitative estimate of drug-likeness (QED) is 0.942. The molecule has 6 heteroatoms. The van der Waals surface area contributed by atoms with Gasteiger partial charge in [0.05, 0.1) is 11.9 Å². The van der Waals surface area contributed by atoms with Crippen LogP contribution in [0.1, 0.15) is 27.9 Å². The maximum atomic E-state index is 12.8. The molecule has 0 radical (unpaired) electrons. The molecule has 1 aliphatic carbocycles. The van der Waals surface area contributed by atoms with Crippen molar-refractivity contribution in [2.75, 3.05) is 6.54 Å². The molecule has 1 unspecified atom stereocenters. The van der Waals surface area contributed by atoms with Crippen LogP contribution in [0.2, 0.25) is 0 Å². The van der Waals surface area contributed by atoms with Crippen LogP contribution in [0.15, 0.2) is 30.5 Å². The Kier molecular flexibility index (Phi) is 3.83. The van der Waals surface area contributed by atoms with Gasteiger partial charge < -0.3 is 5.32 Å². The highest BCUT2D eigenvalue weighted by molar-refractivity contribution is 5.94. The van der Waals surface area contributed by atoms with Crippen LogP contribution >= 0.6 is 0 Å². The van der Waals surface area contributed by atoms with Crippen LogP contribution in [0.3, 0.4) is 0 Å². The van der Waals surface area contributed by atoms with Crippen LogP contribution in [0.4, 0.5) is 8.78 Å². The number of carbonyl (C=O) groups is 1. The molecule has 0 saturated heterocycles. The molecule has 1 heterocycles. The minimum Gasteiger partial charge on any atom is -0.352 e. The Bertz CT molecular complexity index is 744. The fraction of sp³-hybridized carbons (Fsp3) is 0.353. The third-order valence-electron chi connectivity index (χ3n) is 4.24. The number of benzene rings is 1. The number of alkyl halides is 2. The summed E-state index contributed by atoms with van der Waals surface area (Å²) in [7, 11) is 0. The van der Waals surface area contributed by atoms with E-state index >= 15 is 0 Å². The maximum absolute atomic E-state index is 12.8. The Morgan fingerprint density at radius 3 is 2.57 bits per heavy atom. The van der Waals surface area contributed by atoms with Crippen molar-refractivity contribution in [1.29, 1.82) is 0 Å². The van der Waals surface area contributed by atoms with Crippen molar-refractivity contribution < 1.29 is 13.6 Å². The predicted molar refractivity (Wildman–Crippen MR) is 82.3 cm³/mol. The standard InChI is InChI=1S/C17H17F2N3O/c1-10-8-21-22-15(11(10)2)12-3-5-13(6-4-12)16(23)20-9-14-7-17(14,18)19/h3-6,8,14H,7,9H2,1-2H3,(H,20,23). The van der Waals surface area contributed by atoms with Crippen LogP contribution in [0.25, 0.3) is 11.3 Å². The summed E-state index contributed by atoms with van der Waals surface area (Å²) >= 11 is 0. The summed E-state index contributed by atoms with van der Waals surface area (Å²) in [5, 5.41) is 10.6. The number of aryl methyl sites for hydroxylation is 1. The summed E-state index contributed by atoms with van der Waals surface area (Å²) in [6.45, 7) is 3.94. The molecule has 1 atom stereocenters. The molecule has 1 aliphatic rings.